The quantitative estimate of drug-likeness (QED) is 0.910. The molecule has 1 saturated heterocycles. The molecule has 7 heteroatoms. The smallest absolute Gasteiger partial charge is 0.271 e. The number of rotatable bonds is 4. The maximum absolute atomic E-state index is 12.0. The minimum Gasteiger partial charge on any atom is -0.345 e. The standard InChI is InChI=1S/C15H18N6O/c1-11-8-12(20-15(19-11)21-6-2-3-7-21)9-18-14(22)13-10-16-4-5-17-13/h4-5,8,10H,2-3,6-7,9H2,1H3,(H,18,22). The number of hydrogen-bond donors (Lipinski definition) is 1. The van der Waals surface area contributed by atoms with E-state index in [0.717, 1.165) is 30.4 Å². The molecule has 1 aliphatic heterocycles. The van der Waals surface area contributed by atoms with Crippen molar-refractivity contribution in [1.29, 1.82) is 0 Å². The Kier molecular flexibility index (Phi) is 4.22. The highest BCUT2D eigenvalue weighted by atomic mass is 16.1. The summed E-state index contributed by atoms with van der Waals surface area (Å²) in [5.41, 5.74) is 2.00. The van der Waals surface area contributed by atoms with Gasteiger partial charge in [0.05, 0.1) is 18.4 Å². The maximum atomic E-state index is 12.0. The van der Waals surface area contributed by atoms with E-state index in [2.05, 4.69) is 30.2 Å². The van der Waals surface area contributed by atoms with E-state index in [4.69, 9.17) is 0 Å². The second kappa shape index (κ2) is 6.46. The highest BCUT2D eigenvalue weighted by Gasteiger charge is 2.16. The Morgan fingerprint density at radius 1 is 1.27 bits per heavy atom. The fraction of sp³-hybridized carbons (Fsp3) is 0.400. The van der Waals surface area contributed by atoms with Gasteiger partial charge in [-0.3, -0.25) is 9.78 Å². The van der Waals surface area contributed by atoms with E-state index in [1.807, 2.05) is 13.0 Å². The summed E-state index contributed by atoms with van der Waals surface area (Å²) in [5, 5.41) is 2.81. The monoisotopic (exact) mass is 298 g/mol. The molecule has 2 aromatic rings. The summed E-state index contributed by atoms with van der Waals surface area (Å²) in [7, 11) is 0. The highest BCUT2D eigenvalue weighted by molar-refractivity contribution is 5.91. The van der Waals surface area contributed by atoms with Gasteiger partial charge >= 0.3 is 0 Å². The van der Waals surface area contributed by atoms with Gasteiger partial charge in [0.1, 0.15) is 5.69 Å². The van der Waals surface area contributed by atoms with Crippen LogP contribution in [0.1, 0.15) is 34.7 Å². The van der Waals surface area contributed by atoms with Crippen LogP contribution in [0, 0.1) is 6.92 Å². The van der Waals surface area contributed by atoms with Crippen molar-refractivity contribution in [2.45, 2.75) is 26.3 Å². The van der Waals surface area contributed by atoms with Gasteiger partial charge in [-0.1, -0.05) is 0 Å². The summed E-state index contributed by atoms with van der Waals surface area (Å²) in [6.07, 6.45) is 6.82. The van der Waals surface area contributed by atoms with Crippen molar-refractivity contribution in [3.63, 3.8) is 0 Å². The first kappa shape index (κ1) is 14.4. The second-order valence-electron chi connectivity index (χ2n) is 5.27. The van der Waals surface area contributed by atoms with Gasteiger partial charge in [-0.2, -0.15) is 0 Å². The van der Waals surface area contributed by atoms with Crippen LogP contribution in [-0.2, 0) is 6.54 Å². The SMILES string of the molecule is Cc1cc(CNC(=O)c2cnccn2)nc(N2CCCC2)n1. The normalized spacial score (nSPS) is 14.1. The van der Waals surface area contributed by atoms with E-state index >= 15 is 0 Å². The minimum atomic E-state index is -0.257. The van der Waals surface area contributed by atoms with Crippen molar-refractivity contribution in [1.82, 2.24) is 25.3 Å². The molecule has 0 atom stereocenters. The van der Waals surface area contributed by atoms with E-state index in [1.54, 1.807) is 0 Å². The fourth-order valence-electron chi connectivity index (χ4n) is 2.44. The van der Waals surface area contributed by atoms with Crippen LogP contribution in [0.4, 0.5) is 5.95 Å². The van der Waals surface area contributed by atoms with E-state index in [0.29, 0.717) is 12.2 Å². The lowest BCUT2D eigenvalue weighted by Crippen LogP contribution is -2.26. The van der Waals surface area contributed by atoms with Crippen molar-refractivity contribution in [3.8, 4) is 0 Å². The summed E-state index contributed by atoms with van der Waals surface area (Å²) < 4.78 is 0. The van der Waals surface area contributed by atoms with Crippen LogP contribution >= 0.6 is 0 Å². The van der Waals surface area contributed by atoms with Crippen LogP contribution in [0.15, 0.2) is 24.7 Å². The van der Waals surface area contributed by atoms with Gasteiger partial charge in [-0.25, -0.2) is 15.0 Å². The predicted octanol–water partition coefficient (Wildman–Crippen LogP) is 1.11. The van der Waals surface area contributed by atoms with Gasteiger partial charge in [-0.15, -0.1) is 0 Å². The third kappa shape index (κ3) is 3.36. The van der Waals surface area contributed by atoms with E-state index in [1.165, 1.54) is 31.4 Å². The number of hydrogen-bond acceptors (Lipinski definition) is 6. The van der Waals surface area contributed by atoms with Crippen LogP contribution in [0.25, 0.3) is 0 Å². The third-order valence-corrected chi connectivity index (χ3v) is 3.51. The molecule has 1 fully saturated rings. The molecule has 0 unspecified atom stereocenters. The van der Waals surface area contributed by atoms with Crippen LogP contribution in [0.2, 0.25) is 0 Å². The number of anilines is 1. The Labute approximate surface area is 128 Å². The zero-order valence-electron chi connectivity index (χ0n) is 12.5. The Balaban J connectivity index is 1.68. The lowest BCUT2D eigenvalue weighted by molar-refractivity contribution is 0.0945. The molecule has 0 spiro atoms. The molecule has 0 aromatic carbocycles. The Bertz CT molecular complexity index is 654. The molecule has 2 aromatic heterocycles. The number of aryl methyl sites for hydroxylation is 1. The van der Waals surface area contributed by atoms with Crippen molar-refractivity contribution >= 4 is 11.9 Å². The molecule has 114 valence electrons. The Morgan fingerprint density at radius 3 is 2.82 bits per heavy atom. The van der Waals surface area contributed by atoms with Gasteiger partial charge in [0, 0.05) is 31.2 Å². The van der Waals surface area contributed by atoms with Gasteiger partial charge in [0.2, 0.25) is 5.95 Å². The van der Waals surface area contributed by atoms with Crippen molar-refractivity contribution in [2.24, 2.45) is 0 Å². The molecule has 0 aliphatic carbocycles. The summed E-state index contributed by atoms with van der Waals surface area (Å²) in [4.78, 5) is 31.0. The lowest BCUT2D eigenvalue weighted by Gasteiger charge is -2.16. The molecule has 3 rings (SSSR count). The van der Waals surface area contributed by atoms with Gasteiger partial charge in [0.15, 0.2) is 0 Å². The third-order valence-electron chi connectivity index (χ3n) is 3.51. The first-order chi connectivity index (χ1) is 10.7. The summed E-state index contributed by atoms with van der Waals surface area (Å²) in [6.45, 7) is 4.28. The molecular weight excluding hydrogens is 280 g/mol. The lowest BCUT2D eigenvalue weighted by atomic mass is 10.3. The van der Waals surface area contributed by atoms with Gasteiger partial charge < -0.3 is 10.2 Å². The average molecular weight is 298 g/mol. The molecule has 1 amide bonds. The Morgan fingerprint density at radius 2 is 2.09 bits per heavy atom. The average Bonchev–Trinajstić information content (AvgIpc) is 3.07. The first-order valence-corrected chi connectivity index (χ1v) is 7.36. The van der Waals surface area contributed by atoms with E-state index < -0.39 is 0 Å². The number of aromatic nitrogens is 4. The molecule has 3 heterocycles. The number of carbonyl (C=O) groups is 1. The number of nitrogens with zero attached hydrogens (tertiary/aromatic N) is 5. The number of amides is 1. The predicted molar refractivity (Wildman–Crippen MR) is 81.4 cm³/mol. The summed E-state index contributed by atoms with van der Waals surface area (Å²) in [6, 6.07) is 1.89. The summed E-state index contributed by atoms with van der Waals surface area (Å²) in [5.74, 6) is 0.494. The fourth-order valence-corrected chi connectivity index (χ4v) is 2.44. The summed E-state index contributed by atoms with van der Waals surface area (Å²) >= 11 is 0. The topological polar surface area (TPSA) is 83.9 Å². The molecule has 0 radical (unpaired) electrons. The molecular formula is C15H18N6O. The van der Waals surface area contributed by atoms with Crippen molar-refractivity contribution < 1.29 is 4.79 Å². The second-order valence-corrected chi connectivity index (χ2v) is 5.27. The van der Waals surface area contributed by atoms with Crippen LogP contribution < -0.4 is 10.2 Å². The van der Waals surface area contributed by atoms with Crippen LogP contribution in [0.3, 0.4) is 0 Å². The van der Waals surface area contributed by atoms with E-state index in [-0.39, 0.29) is 5.91 Å². The van der Waals surface area contributed by atoms with Crippen molar-refractivity contribution in [3.05, 3.63) is 41.7 Å². The number of nitrogens with one attached hydrogen (secondary N) is 1. The zero-order valence-corrected chi connectivity index (χ0v) is 12.5. The molecule has 0 saturated carbocycles. The van der Waals surface area contributed by atoms with Gasteiger partial charge in [0.25, 0.3) is 5.91 Å². The minimum absolute atomic E-state index is 0.257. The van der Waals surface area contributed by atoms with Gasteiger partial charge in [-0.05, 0) is 25.8 Å². The molecule has 22 heavy (non-hydrogen) atoms. The maximum Gasteiger partial charge on any atom is 0.271 e. The van der Waals surface area contributed by atoms with Crippen LogP contribution in [-0.4, -0.2) is 38.9 Å². The molecule has 1 N–H and O–H groups in total. The van der Waals surface area contributed by atoms with E-state index in [9.17, 15) is 4.79 Å². The van der Waals surface area contributed by atoms with Crippen molar-refractivity contribution in [2.75, 3.05) is 18.0 Å². The molecule has 1 aliphatic rings. The number of carbonyl (C=O) groups excluding carboxylic acids is 1. The first-order valence-electron chi connectivity index (χ1n) is 7.36. The zero-order chi connectivity index (χ0) is 15.4. The Hall–Kier alpha value is -2.57. The highest BCUT2D eigenvalue weighted by Crippen LogP contribution is 2.16. The molecule has 0 bridgehead atoms. The molecule has 7 nitrogen and oxygen atoms in total. The van der Waals surface area contributed by atoms with Crippen LogP contribution in [0.5, 0.6) is 0 Å². The largest absolute Gasteiger partial charge is 0.345 e.